The molecule has 4 nitrogen and oxygen atoms in total. The molecule has 0 aliphatic carbocycles. The summed E-state index contributed by atoms with van der Waals surface area (Å²) >= 11 is -3.72. The third kappa shape index (κ3) is 10.0. The second-order valence-corrected chi connectivity index (χ2v) is 15.3. The monoisotopic (exact) mass is 456 g/mol. The second kappa shape index (κ2) is 9.89. The first-order chi connectivity index (χ1) is 12.5. The van der Waals surface area contributed by atoms with Crippen LogP contribution in [0, 0.1) is 21.7 Å². The molecule has 0 saturated heterocycles. The minimum atomic E-state index is -3.72. The van der Waals surface area contributed by atoms with E-state index in [1.54, 1.807) is 0 Å². The second-order valence-electron chi connectivity index (χ2n) is 12.8. The van der Waals surface area contributed by atoms with Crippen molar-refractivity contribution in [2.75, 3.05) is 0 Å². The van der Waals surface area contributed by atoms with Crippen molar-refractivity contribution < 1.29 is 29.6 Å². The summed E-state index contributed by atoms with van der Waals surface area (Å²) in [6.07, 6.45) is -0.300. The Balaban J connectivity index is 6.27. The first kappa shape index (κ1) is 29.4. The van der Waals surface area contributed by atoms with E-state index in [2.05, 4.69) is 111 Å². The molecule has 0 aromatic carbocycles. The fraction of sp³-hybridized carbons (Fsp3) is 1.00. The van der Waals surface area contributed by atoms with Crippen molar-refractivity contribution in [2.45, 2.75) is 135 Å². The molecule has 0 heterocycles. The Labute approximate surface area is 186 Å². The third-order valence-corrected chi connectivity index (χ3v) is 9.20. The zero-order valence-corrected chi connectivity index (χ0v) is 23.6. The Morgan fingerprint density at radius 2 is 0.517 bits per heavy atom. The summed E-state index contributed by atoms with van der Waals surface area (Å²) in [5, 5.41) is 0. The molecular weight excluding hydrogens is 404 g/mol. The van der Waals surface area contributed by atoms with Crippen molar-refractivity contribution in [1.82, 2.24) is 0 Å². The Morgan fingerprint density at radius 1 is 0.379 bits per heavy atom. The van der Waals surface area contributed by atoms with E-state index in [1.165, 1.54) is 0 Å². The molecule has 0 N–H and O–H groups in total. The molecule has 4 unspecified atom stereocenters. The van der Waals surface area contributed by atoms with Gasteiger partial charge in [-0.05, 0) is 0 Å². The first-order valence-electron chi connectivity index (χ1n) is 11.1. The van der Waals surface area contributed by atoms with Crippen LogP contribution in [-0.4, -0.2) is 24.4 Å². The van der Waals surface area contributed by atoms with Gasteiger partial charge >= 0.3 is 186 Å². The van der Waals surface area contributed by atoms with E-state index in [4.69, 9.17) is 15.2 Å². The summed E-state index contributed by atoms with van der Waals surface area (Å²) in [6, 6.07) is 0. The Bertz CT molecular complexity index is 397. The molecule has 0 spiro atoms. The van der Waals surface area contributed by atoms with Gasteiger partial charge < -0.3 is 0 Å². The Morgan fingerprint density at radius 3 is 0.621 bits per heavy atom. The van der Waals surface area contributed by atoms with Crippen LogP contribution in [0.2, 0.25) is 0 Å². The standard InChI is InChI=1S/4C6H13O.Cr/c4*1-5(7)6(2,3)4;/h4*5H,1-4H3;/q4*-1;+4. The van der Waals surface area contributed by atoms with Gasteiger partial charge in [-0.1, -0.05) is 0 Å². The Kier molecular flexibility index (Phi) is 10.0. The van der Waals surface area contributed by atoms with E-state index in [-0.39, 0.29) is 46.1 Å². The normalized spacial score (nSPS) is 21.8. The summed E-state index contributed by atoms with van der Waals surface area (Å²) in [6.45, 7) is 34.4. The van der Waals surface area contributed by atoms with E-state index >= 15 is 0 Å². The van der Waals surface area contributed by atoms with Crippen LogP contribution in [0.1, 0.15) is 111 Å². The van der Waals surface area contributed by atoms with Crippen molar-refractivity contribution >= 4 is 0 Å². The quantitative estimate of drug-likeness (QED) is 0.377. The molecule has 178 valence electrons. The topological polar surface area (TPSA) is 36.9 Å². The van der Waals surface area contributed by atoms with Crippen LogP contribution in [0.25, 0.3) is 0 Å². The fourth-order valence-electron chi connectivity index (χ4n) is 1.42. The number of rotatable bonds is 8. The van der Waals surface area contributed by atoms with Gasteiger partial charge in [0.05, 0.1) is 0 Å². The van der Waals surface area contributed by atoms with Gasteiger partial charge in [0, 0.05) is 0 Å². The summed E-state index contributed by atoms with van der Waals surface area (Å²) in [7, 11) is 0. The molecule has 29 heavy (non-hydrogen) atoms. The fourth-order valence-corrected chi connectivity index (χ4v) is 5.86. The van der Waals surface area contributed by atoms with Crippen LogP contribution >= 0.6 is 0 Å². The van der Waals surface area contributed by atoms with E-state index < -0.39 is 14.4 Å². The Hall–Kier alpha value is 0.372. The number of hydrogen-bond acceptors (Lipinski definition) is 4. The van der Waals surface area contributed by atoms with Gasteiger partial charge in [-0.15, -0.1) is 0 Å². The van der Waals surface area contributed by atoms with Gasteiger partial charge in [-0.25, -0.2) is 0 Å². The summed E-state index contributed by atoms with van der Waals surface area (Å²) in [5.41, 5.74) is -0.224. The molecule has 0 aromatic heterocycles. The van der Waals surface area contributed by atoms with Crippen LogP contribution in [0.4, 0.5) is 0 Å². The molecule has 0 aliphatic heterocycles. The first-order valence-corrected chi connectivity index (χ1v) is 13.2. The summed E-state index contributed by atoms with van der Waals surface area (Å²) < 4.78 is 26.8. The van der Waals surface area contributed by atoms with Crippen LogP contribution in [0.15, 0.2) is 0 Å². The summed E-state index contributed by atoms with van der Waals surface area (Å²) in [4.78, 5) is 0. The van der Waals surface area contributed by atoms with Crippen LogP contribution in [0.3, 0.4) is 0 Å². The zero-order valence-electron chi connectivity index (χ0n) is 22.4. The molecular formula is C24H52CrO4. The van der Waals surface area contributed by atoms with Gasteiger partial charge in [0.15, 0.2) is 0 Å². The van der Waals surface area contributed by atoms with E-state index in [9.17, 15) is 0 Å². The van der Waals surface area contributed by atoms with Crippen molar-refractivity contribution in [3.63, 3.8) is 0 Å². The maximum absolute atomic E-state index is 6.69. The van der Waals surface area contributed by atoms with Gasteiger partial charge in [0.2, 0.25) is 0 Å². The van der Waals surface area contributed by atoms with E-state index in [0.29, 0.717) is 0 Å². The molecule has 4 atom stereocenters. The maximum atomic E-state index is 6.69. The molecule has 0 saturated carbocycles. The predicted molar refractivity (Wildman–Crippen MR) is 120 cm³/mol. The van der Waals surface area contributed by atoms with Gasteiger partial charge in [-0.3, -0.25) is 0 Å². The van der Waals surface area contributed by atoms with E-state index in [0.717, 1.165) is 0 Å². The SMILES string of the molecule is CC([O][Cr]([O]C(C)C(C)(C)C)([O]C(C)C(C)(C)C)[O]C(C)C(C)(C)C)C(C)(C)C. The van der Waals surface area contributed by atoms with Crippen LogP contribution in [-0.2, 0) is 29.6 Å². The van der Waals surface area contributed by atoms with Crippen molar-refractivity contribution in [2.24, 2.45) is 21.7 Å². The molecule has 0 bridgehead atoms. The van der Waals surface area contributed by atoms with E-state index in [1.807, 2.05) is 0 Å². The van der Waals surface area contributed by atoms with Gasteiger partial charge in [0.1, 0.15) is 0 Å². The predicted octanol–water partition coefficient (Wildman–Crippen LogP) is 7.61. The molecule has 0 aliphatic rings. The molecule has 5 heteroatoms. The molecule has 0 fully saturated rings. The van der Waals surface area contributed by atoms with Crippen molar-refractivity contribution in [3.8, 4) is 0 Å². The molecule has 0 amide bonds. The van der Waals surface area contributed by atoms with Gasteiger partial charge in [0.25, 0.3) is 0 Å². The zero-order chi connectivity index (χ0) is 23.6. The summed E-state index contributed by atoms with van der Waals surface area (Å²) in [5.74, 6) is 0. The van der Waals surface area contributed by atoms with Crippen LogP contribution < -0.4 is 0 Å². The van der Waals surface area contributed by atoms with Crippen molar-refractivity contribution in [3.05, 3.63) is 0 Å². The van der Waals surface area contributed by atoms with Crippen LogP contribution in [0.5, 0.6) is 0 Å². The average Bonchev–Trinajstić information content (AvgIpc) is 2.42. The van der Waals surface area contributed by atoms with Gasteiger partial charge in [-0.2, -0.15) is 0 Å². The number of hydrogen-bond donors (Lipinski definition) is 0. The van der Waals surface area contributed by atoms with Crippen molar-refractivity contribution in [1.29, 1.82) is 0 Å². The average molecular weight is 457 g/mol. The molecule has 0 radical (unpaired) electrons. The molecule has 0 rings (SSSR count). The third-order valence-electron chi connectivity index (χ3n) is 5.93. The minimum absolute atomic E-state index is 0.0559. The molecule has 0 aromatic rings.